The van der Waals surface area contributed by atoms with Crippen LogP contribution in [0.15, 0.2) is 65.6 Å². The fraction of sp³-hybridized carbons (Fsp3) is 0.174. The molecule has 0 saturated carbocycles. The van der Waals surface area contributed by atoms with E-state index in [4.69, 9.17) is 11.6 Å². The van der Waals surface area contributed by atoms with Crippen LogP contribution in [0.2, 0.25) is 5.02 Å². The van der Waals surface area contributed by atoms with E-state index in [0.717, 1.165) is 17.2 Å². The Balaban J connectivity index is 1.87. The lowest BCUT2D eigenvalue weighted by atomic mass is 9.99. The molecule has 3 rings (SSSR count). The Labute approximate surface area is 186 Å². The molecule has 8 heteroatoms. The minimum atomic E-state index is -4.04. The highest BCUT2D eigenvalue weighted by Gasteiger charge is 2.21. The van der Waals surface area contributed by atoms with E-state index < -0.39 is 21.7 Å². The Morgan fingerprint density at radius 3 is 2.39 bits per heavy atom. The summed E-state index contributed by atoms with van der Waals surface area (Å²) in [6, 6.07) is 15.2. The lowest BCUT2D eigenvalue weighted by molar-refractivity contribution is 0.102. The molecule has 0 atom stereocenters. The third-order valence-electron chi connectivity index (χ3n) is 4.78. The highest BCUT2D eigenvalue weighted by molar-refractivity contribution is 7.92. The van der Waals surface area contributed by atoms with Crippen molar-refractivity contribution >= 4 is 38.9 Å². The van der Waals surface area contributed by atoms with Crippen LogP contribution in [0.25, 0.3) is 0 Å². The number of sulfonamides is 1. The molecular formula is C23H22ClFN2O3S. The molecule has 0 aromatic heterocycles. The molecule has 31 heavy (non-hydrogen) atoms. The lowest BCUT2D eigenvalue weighted by Gasteiger charge is -2.17. The molecule has 0 unspecified atom stereocenters. The van der Waals surface area contributed by atoms with Gasteiger partial charge in [0.15, 0.2) is 0 Å². The first-order chi connectivity index (χ1) is 14.6. The zero-order valence-electron chi connectivity index (χ0n) is 17.2. The molecule has 5 nitrogen and oxygen atoms in total. The van der Waals surface area contributed by atoms with E-state index in [-0.39, 0.29) is 27.1 Å². The fourth-order valence-electron chi connectivity index (χ4n) is 3.10. The minimum absolute atomic E-state index is 0.0942. The van der Waals surface area contributed by atoms with Crippen LogP contribution < -0.4 is 10.0 Å². The number of para-hydroxylation sites is 1. The van der Waals surface area contributed by atoms with E-state index in [1.807, 2.05) is 26.0 Å². The molecule has 0 aliphatic carbocycles. The average molecular weight is 461 g/mol. The van der Waals surface area contributed by atoms with Gasteiger partial charge in [0.1, 0.15) is 5.82 Å². The largest absolute Gasteiger partial charge is 0.319 e. The van der Waals surface area contributed by atoms with E-state index in [1.165, 1.54) is 18.2 Å². The molecule has 3 aromatic carbocycles. The predicted octanol–water partition coefficient (Wildman–Crippen LogP) is 5.96. The van der Waals surface area contributed by atoms with Gasteiger partial charge in [-0.1, -0.05) is 55.8 Å². The molecule has 0 aliphatic rings. The highest BCUT2D eigenvalue weighted by Crippen LogP contribution is 2.30. The number of nitrogens with one attached hydrogen (secondary N) is 2. The van der Waals surface area contributed by atoms with Gasteiger partial charge < -0.3 is 5.32 Å². The van der Waals surface area contributed by atoms with Gasteiger partial charge in [0.2, 0.25) is 0 Å². The normalized spacial score (nSPS) is 11.4. The summed E-state index contributed by atoms with van der Waals surface area (Å²) in [6.45, 7) is 5.73. The number of hydrogen-bond donors (Lipinski definition) is 2. The zero-order valence-corrected chi connectivity index (χ0v) is 18.8. The quantitative estimate of drug-likeness (QED) is 0.476. The molecule has 3 aromatic rings. The monoisotopic (exact) mass is 460 g/mol. The van der Waals surface area contributed by atoms with E-state index in [0.29, 0.717) is 5.69 Å². The van der Waals surface area contributed by atoms with Crippen molar-refractivity contribution in [2.24, 2.45) is 0 Å². The van der Waals surface area contributed by atoms with Gasteiger partial charge in [0.25, 0.3) is 15.9 Å². The molecule has 0 fully saturated rings. The number of anilines is 2. The molecule has 0 saturated heterocycles. The number of rotatable bonds is 6. The molecular weight excluding hydrogens is 439 g/mol. The summed E-state index contributed by atoms with van der Waals surface area (Å²) >= 11 is 5.99. The number of carbonyl (C=O) groups excluding carboxylic acids is 1. The van der Waals surface area contributed by atoms with Crippen LogP contribution in [-0.4, -0.2) is 14.3 Å². The van der Waals surface area contributed by atoms with E-state index in [2.05, 4.69) is 10.0 Å². The van der Waals surface area contributed by atoms with Gasteiger partial charge in [0.05, 0.1) is 26.9 Å². The van der Waals surface area contributed by atoms with Crippen LogP contribution in [0, 0.1) is 12.7 Å². The molecule has 0 aliphatic heterocycles. The Morgan fingerprint density at radius 1 is 1.03 bits per heavy atom. The SMILES string of the molecule is Cc1cccc(C(C)C)c1NS(=O)(=O)c1ccc(NC(=O)c2ccccc2Cl)c(F)c1. The number of aryl methyl sites for hydroxylation is 1. The summed E-state index contributed by atoms with van der Waals surface area (Å²) < 4.78 is 43.0. The summed E-state index contributed by atoms with van der Waals surface area (Å²) in [5.41, 5.74) is 2.12. The van der Waals surface area contributed by atoms with Crippen molar-refractivity contribution < 1.29 is 17.6 Å². The average Bonchev–Trinajstić information content (AvgIpc) is 2.70. The van der Waals surface area contributed by atoms with Gasteiger partial charge in [-0.25, -0.2) is 12.8 Å². The number of carbonyl (C=O) groups is 1. The van der Waals surface area contributed by atoms with Gasteiger partial charge in [-0.3, -0.25) is 9.52 Å². The zero-order chi connectivity index (χ0) is 22.8. The van der Waals surface area contributed by atoms with Crippen LogP contribution in [0.3, 0.4) is 0 Å². The summed E-state index contributed by atoms with van der Waals surface area (Å²) in [7, 11) is -4.04. The number of halogens is 2. The molecule has 162 valence electrons. The topological polar surface area (TPSA) is 75.3 Å². The van der Waals surface area contributed by atoms with Gasteiger partial charge in [-0.2, -0.15) is 0 Å². The molecule has 2 N–H and O–H groups in total. The standard InChI is InChI=1S/C23H22ClFN2O3S/c1-14(2)17-9-6-7-15(3)22(17)27-31(29,30)16-11-12-21(20(25)13-16)26-23(28)18-8-4-5-10-19(18)24/h4-14,27H,1-3H3,(H,26,28). The Kier molecular flexibility index (Phi) is 6.67. The number of amides is 1. The molecule has 1 amide bonds. The Morgan fingerprint density at radius 2 is 1.74 bits per heavy atom. The van der Waals surface area contributed by atoms with Crippen molar-refractivity contribution in [2.75, 3.05) is 10.0 Å². The van der Waals surface area contributed by atoms with Gasteiger partial charge in [0, 0.05) is 0 Å². The second kappa shape index (κ2) is 9.08. The first kappa shape index (κ1) is 22.8. The fourth-order valence-corrected chi connectivity index (χ4v) is 4.50. The second-order valence-electron chi connectivity index (χ2n) is 7.37. The smallest absolute Gasteiger partial charge is 0.262 e. The van der Waals surface area contributed by atoms with Crippen molar-refractivity contribution in [1.82, 2.24) is 0 Å². The van der Waals surface area contributed by atoms with E-state index in [9.17, 15) is 17.6 Å². The van der Waals surface area contributed by atoms with Crippen LogP contribution in [-0.2, 0) is 10.0 Å². The summed E-state index contributed by atoms with van der Waals surface area (Å²) in [4.78, 5) is 12.1. The summed E-state index contributed by atoms with van der Waals surface area (Å²) in [6.07, 6.45) is 0. The van der Waals surface area contributed by atoms with Crippen molar-refractivity contribution in [1.29, 1.82) is 0 Å². The van der Waals surface area contributed by atoms with Crippen LogP contribution in [0.4, 0.5) is 15.8 Å². The van der Waals surface area contributed by atoms with Crippen molar-refractivity contribution in [3.8, 4) is 0 Å². The second-order valence-corrected chi connectivity index (χ2v) is 9.46. The first-order valence-corrected chi connectivity index (χ1v) is 11.4. The summed E-state index contributed by atoms with van der Waals surface area (Å²) in [5, 5.41) is 2.64. The number of hydrogen-bond acceptors (Lipinski definition) is 3. The van der Waals surface area contributed by atoms with Gasteiger partial charge >= 0.3 is 0 Å². The van der Waals surface area contributed by atoms with Crippen LogP contribution in [0.5, 0.6) is 0 Å². The van der Waals surface area contributed by atoms with Crippen molar-refractivity contribution in [2.45, 2.75) is 31.6 Å². The molecule has 0 spiro atoms. The van der Waals surface area contributed by atoms with Crippen LogP contribution >= 0.6 is 11.6 Å². The van der Waals surface area contributed by atoms with E-state index >= 15 is 0 Å². The van der Waals surface area contributed by atoms with E-state index in [1.54, 1.807) is 31.2 Å². The maximum absolute atomic E-state index is 14.6. The summed E-state index contributed by atoms with van der Waals surface area (Å²) in [5.74, 6) is -1.38. The third kappa shape index (κ3) is 5.06. The molecule has 0 bridgehead atoms. The minimum Gasteiger partial charge on any atom is -0.319 e. The molecule has 0 radical (unpaired) electrons. The maximum Gasteiger partial charge on any atom is 0.262 e. The predicted molar refractivity (Wildman–Crippen MR) is 122 cm³/mol. The first-order valence-electron chi connectivity index (χ1n) is 9.58. The maximum atomic E-state index is 14.6. The van der Waals surface area contributed by atoms with Gasteiger partial charge in [-0.05, 0) is 54.3 Å². The Hall–Kier alpha value is -2.90. The highest BCUT2D eigenvalue weighted by atomic mass is 35.5. The van der Waals surface area contributed by atoms with Crippen molar-refractivity contribution in [3.63, 3.8) is 0 Å². The lowest BCUT2D eigenvalue weighted by Crippen LogP contribution is -2.17. The van der Waals surface area contributed by atoms with Gasteiger partial charge in [-0.15, -0.1) is 0 Å². The Bertz CT molecular complexity index is 1240. The third-order valence-corrected chi connectivity index (χ3v) is 6.46. The van der Waals surface area contributed by atoms with Crippen molar-refractivity contribution in [3.05, 3.63) is 88.2 Å². The molecule has 0 heterocycles. The number of benzene rings is 3. The van der Waals surface area contributed by atoms with Crippen LogP contribution in [0.1, 0.15) is 41.3 Å².